The molecule has 0 atom stereocenters. The maximum absolute atomic E-state index is 12.8. The van der Waals surface area contributed by atoms with Crippen LogP contribution in [0.2, 0.25) is 0 Å². The predicted octanol–water partition coefficient (Wildman–Crippen LogP) is 8.55. The molecule has 5 aromatic rings. The number of anilines is 2. The smallest absolute Gasteiger partial charge is 0.323 e. The first-order valence-electron chi connectivity index (χ1n) is 12.9. The second-order valence-electron chi connectivity index (χ2n) is 10.3. The first kappa shape index (κ1) is 25.8. The highest BCUT2D eigenvalue weighted by molar-refractivity contribution is 6.00. The Kier molecular flexibility index (Phi) is 7.46. The summed E-state index contributed by atoms with van der Waals surface area (Å²) in [7, 11) is 0. The van der Waals surface area contributed by atoms with Gasteiger partial charge in [0.25, 0.3) is 0 Å². The summed E-state index contributed by atoms with van der Waals surface area (Å²) in [5.41, 5.74) is 3.13. The van der Waals surface area contributed by atoms with Crippen molar-refractivity contribution >= 4 is 28.2 Å². The molecule has 2 amide bonds. The first-order valence-corrected chi connectivity index (χ1v) is 12.9. The van der Waals surface area contributed by atoms with Crippen molar-refractivity contribution in [3.63, 3.8) is 0 Å². The van der Waals surface area contributed by atoms with Gasteiger partial charge in [-0.3, -0.25) is 0 Å². The zero-order chi connectivity index (χ0) is 27.2. The Morgan fingerprint density at radius 1 is 0.795 bits per heavy atom. The van der Waals surface area contributed by atoms with Crippen LogP contribution in [0.15, 0.2) is 109 Å². The number of carbonyl (C=O) groups is 1. The molecule has 0 aliphatic heterocycles. The molecule has 1 aromatic heterocycles. The number of nitrogens with zero attached hydrogens (tertiary/aromatic N) is 1. The van der Waals surface area contributed by atoms with Crippen LogP contribution in [0.25, 0.3) is 10.8 Å². The van der Waals surface area contributed by atoms with Gasteiger partial charge in [0, 0.05) is 17.4 Å². The van der Waals surface area contributed by atoms with E-state index in [-0.39, 0.29) is 5.41 Å². The van der Waals surface area contributed by atoms with Crippen LogP contribution in [-0.4, -0.2) is 11.0 Å². The van der Waals surface area contributed by atoms with E-state index in [1.165, 1.54) is 10.8 Å². The van der Waals surface area contributed by atoms with Crippen LogP contribution < -0.4 is 20.1 Å². The van der Waals surface area contributed by atoms with Crippen molar-refractivity contribution in [3.8, 4) is 17.4 Å². The lowest BCUT2D eigenvalue weighted by molar-refractivity contribution is 0.262. The minimum absolute atomic E-state index is 0.109. The zero-order valence-electron chi connectivity index (χ0n) is 22.3. The molecule has 196 valence electrons. The number of fused-ring (bicyclic) bond motifs is 1. The van der Waals surface area contributed by atoms with Crippen LogP contribution >= 0.6 is 0 Å². The van der Waals surface area contributed by atoms with E-state index >= 15 is 0 Å². The fourth-order valence-corrected chi connectivity index (χ4v) is 4.26. The Hall–Kier alpha value is -4.84. The summed E-state index contributed by atoms with van der Waals surface area (Å²) in [6, 6.07) is 32.8. The van der Waals surface area contributed by atoms with Gasteiger partial charge in [0.2, 0.25) is 5.88 Å². The van der Waals surface area contributed by atoms with Gasteiger partial charge >= 0.3 is 6.03 Å². The second-order valence-corrected chi connectivity index (χ2v) is 10.3. The van der Waals surface area contributed by atoms with Gasteiger partial charge in [0.15, 0.2) is 0 Å². The Bertz CT molecular complexity index is 1590. The van der Waals surface area contributed by atoms with Crippen LogP contribution in [0.5, 0.6) is 17.4 Å². The highest BCUT2D eigenvalue weighted by Gasteiger charge is 2.20. The molecule has 5 rings (SSSR count). The molecule has 0 saturated heterocycles. The van der Waals surface area contributed by atoms with Crippen molar-refractivity contribution in [1.82, 2.24) is 4.98 Å². The Labute approximate surface area is 228 Å². The molecule has 0 radical (unpaired) electrons. The number of pyridine rings is 1. The highest BCUT2D eigenvalue weighted by Crippen LogP contribution is 2.35. The summed E-state index contributed by atoms with van der Waals surface area (Å²) < 4.78 is 12.1. The zero-order valence-corrected chi connectivity index (χ0v) is 22.3. The molecule has 0 saturated carbocycles. The van der Waals surface area contributed by atoms with Gasteiger partial charge < -0.3 is 20.1 Å². The van der Waals surface area contributed by atoms with Gasteiger partial charge in [-0.2, -0.15) is 0 Å². The van der Waals surface area contributed by atoms with Gasteiger partial charge in [-0.15, -0.1) is 0 Å². The summed E-state index contributed by atoms with van der Waals surface area (Å²) in [5, 5.41) is 8.08. The lowest BCUT2D eigenvalue weighted by Gasteiger charge is -2.22. The average molecular weight is 518 g/mol. The molecule has 6 nitrogen and oxygen atoms in total. The third-order valence-electron chi connectivity index (χ3n) is 6.25. The van der Waals surface area contributed by atoms with E-state index in [4.69, 9.17) is 9.47 Å². The van der Waals surface area contributed by atoms with Gasteiger partial charge in [-0.1, -0.05) is 75.4 Å². The van der Waals surface area contributed by atoms with E-state index in [2.05, 4.69) is 66.7 Å². The summed E-state index contributed by atoms with van der Waals surface area (Å²) >= 11 is 0. The first-order chi connectivity index (χ1) is 18.8. The van der Waals surface area contributed by atoms with Crippen molar-refractivity contribution in [1.29, 1.82) is 0 Å². The van der Waals surface area contributed by atoms with E-state index in [0.717, 1.165) is 16.9 Å². The average Bonchev–Trinajstić information content (AvgIpc) is 2.93. The molecule has 0 aliphatic carbocycles. The minimum atomic E-state index is -0.401. The van der Waals surface area contributed by atoms with Gasteiger partial charge in [0.05, 0.1) is 0 Å². The van der Waals surface area contributed by atoms with E-state index in [1.807, 2.05) is 48.5 Å². The topological polar surface area (TPSA) is 72.5 Å². The molecule has 39 heavy (non-hydrogen) atoms. The lowest BCUT2D eigenvalue weighted by Crippen LogP contribution is -2.20. The fourth-order valence-electron chi connectivity index (χ4n) is 4.26. The lowest BCUT2D eigenvalue weighted by atomic mass is 9.86. The van der Waals surface area contributed by atoms with E-state index in [1.54, 1.807) is 30.5 Å². The number of amides is 2. The van der Waals surface area contributed by atoms with Crippen LogP contribution in [0, 0.1) is 0 Å². The van der Waals surface area contributed by atoms with Gasteiger partial charge in [-0.05, 0) is 70.3 Å². The van der Waals surface area contributed by atoms with Crippen LogP contribution in [-0.2, 0) is 12.0 Å². The largest absolute Gasteiger partial charge is 0.489 e. The van der Waals surface area contributed by atoms with E-state index in [0.29, 0.717) is 29.6 Å². The molecular formula is C33H31N3O3. The molecule has 0 aliphatic rings. The number of nitrogens with one attached hydrogen (secondary N) is 2. The van der Waals surface area contributed by atoms with E-state index in [9.17, 15) is 4.79 Å². The molecule has 4 aromatic carbocycles. The fraction of sp³-hybridized carbons (Fsp3) is 0.152. The van der Waals surface area contributed by atoms with Crippen molar-refractivity contribution in [2.24, 2.45) is 0 Å². The summed E-state index contributed by atoms with van der Waals surface area (Å²) in [4.78, 5) is 17.1. The number of para-hydroxylation sites is 1. The molecule has 0 bridgehead atoms. The molecule has 2 N–H and O–H groups in total. The summed E-state index contributed by atoms with van der Waals surface area (Å²) in [6.45, 7) is 6.83. The van der Waals surface area contributed by atoms with E-state index < -0.39 is 6.03 Å². The third kappa shape index (κ3) is 6.54. The molecular weight excluding hydrogens is 486 g/mol. The number of hydrogen-bond acceptors (Lipinski definition) is 4. The number of carbonyl (C=O) groups excluding carboxylic acids is 1. The monoisotopic (exact) mass is 517 g/mol. The molecule has 0 fully saturated rings. The molecule has 6 heteroatoms. The number of urea groups is 1. The molecule has 0 unspecified atom stereocenters. The quantitative estimate of drug-likeness (QED) is 0.227. The van der Waals surface area contributed by atoms with Gasteiger partial charge in [0.1, 0.15) is 23.8 Å². The number of aromatic nitrogens is 1. The van der Waals surface area contributed by atoms with Crippen molar-refractivity contribution in [2.45, 2.75) is 32.8 Å². The maximum atomic E-state index is 12.8. The summed E-state index contributed by atoms with van der Waals surface area (Å²) in [5.74, 6) is 1.74. The molecule has 0 spiro atoms. The number of benzene rings is 4. The number of ether oxygens (including phenoxy) is 2. The van der Waals surface area contributed by atoms with Crippen molar-refractivity contribution in [3.05, 3.63) is 120 Å². The number of rotatable bonds is 7. The van der Waals surface area contributed by atoms with Crippen LogP contribution in [0.3, 0.4) is 0 Å². The van der Waals surface area contributed by atoms with Gasteiger partial charge in [-0.25, -0.2) is 9.78 Å². The highest BCUT2D eigenvalue weighted by atomic mass is 16.5. The summed E-state index contributed by atoms with van der Waals surface area (Å²) in [6.07, 6.45) is 1.63. The normalized spacial score (nSPS) is 11.2. The predicted molar refractivity (Wildman–Crippen MR) is 157 cm³/mol. The maximum Gasteiger partial charge on any atom is 0.323 e. The van der Waals surface area contributed by atoms with Crippen molar-refractivity contribution < 1.29 is 14.3 Å². The molecule has 1 heterocycles. The Balaban J connectivity index is 1.20. The Morgan fingerprint density at radius 3 is 2.33 bits per heavy atom. The minimum Gasteiger partial charge on any atom is -0.489 e. The number of hydrogen-bond donors (Lipinski definition) is 2. The van der Waals surface area contributed by atoms with Crippen LogP contribution in [0.1, 0.15) is 31.9 Å². The van der Waals surface area contributed by atoms with Crippen LogP contribution in [0.4, 0.5) is 16.2 Å². The standard InChI is InChI=1S/C33H31N3O3/c1-33(2,3)28-11-6-7-13-30(28)39-31-29(12-8-20-34-31)36-32(37)35-26-16-18-27(19-17-26)38-22-23-14-15-24-9-4-5-10-25(24)21-23/h4-21H,22H2,1-3H3,(H2,35,36,37). The second kappa shape index (κ2) is 11.3. The SMILES string of the molecule is CC(C)(C)c1ccccc1Oc1ncccc1NC(=O)Nc1ccc(OCc2ccc3ccccc3c2)cc1. The Morgan fingerprint density at radius 2 is 1.54 bits per heavy atom. The van der Waals surface area contributed by atoms with Crippen molar-refractivity contribution in [2.75, 3.05) is 10.6 Å². The third-order valence-corrected chi connectivity index (χ3v) is 6.25.